The van der Waals surface area contributed by atoms with Crippen molar-refractivity contribution in [1.29, 1.82) is 0 Å². The summed E-state index contributed by atoms with van der Waals surface area (Å²) in [5.74, 6) is 0.720. The van der Waals surface area contributed by atoms with Crippen molar-refractivity contribution in [1.82, 2.24) is 4.90 Å². The largest absolute Gasteiger partial charge is 0.491 e. The summed E-state index contributed by atoms with van der Waals surface area (Å²) in [4.78, 5) is 2.22. The molecule has 2 rings (SSSR count). The van der Waals surface area contributed by atoms with Crippen molar-refractivity contribution in [3.8, 4) is 5.75 Å². The number of nitrogens with zero attached hydrogens (tertiary/aromatic N) is 1. The van der Waals surface area contributed by atoms with E-state index in [1.807, 2.05) is 0 Å². The van der Waals surface area contributed by atoms with Gasteiger partial charge in [-0.2, -0.15) is 0 Å². The van der Waals surface area contributed by atoms with Crippen LogP contribution in [0.1, 0.15) is 13.8 Å². The molecule has 3 atom stereocenters. The minimum Gasteiger partial charge on any atom is -0.491 e. The topological polar surface area (TPSA) is 41.9 Å². The van der Waals surface area contributed by atoms with Gasteiger partial charge in [-0.15, -0.1) is 0 Å². The lowest BCUT2D eigenvalue weighted by Crippen LogP contribution is -2.48. The van der Waals surface area contributed by atoms with Crippen LogP contribution in [0.2, 0.25) is 5.02 Å². The quantitative estimate of drug-likeness (QED) is 0.905. The number of aliphatic hydroxyl groups is 1. The van der Waals surface area contributed by atoms with E-state index in [2.05, 4.69) is 18.7 Å². The molecule has 4 nitrogen and oxygen atoms in total. The van der Waals surface area contributed by atoms with Gasteiger partial charge in [-0.3, -0.25) is 4.90 Å². The minimum atomic E-state index is -0.511. The Hall–Kier alpha value is -0.810. The van der Waals surface area contributed by atoms with Crippen LogP contribution in [0.4, 0.5) is 0 Å². The lowest BCUT2D eigenvalue weighted by molar-refractivity contribution is -0.0786. The molecule has 1 N–H and O–H groups in total. The summed E-state index contributed by atoms with van der Waals surface area (Å²) < 4.78 is 11.2. The second-order valence-electron chi connectivity index (χ2n) is 5.39. The number of hydrogen-bond donors (Lipinski definition) is 1. The summed E-state index contributed by atoms with van der Waals surface area (Å²) in [6, 6.07) is 7.14. The van der Waals surface area contributed by atoms with Gasteiger partial charge in [0.15, 0.2) is 0 Å². The number of ether oxygens (including phenoxy) is 2. The smallest absolute Gasteiger partial charge is 0.119 e. The van der Waals surface area contributed by atoms with Crippen LogP contribution in [-0.2, 0) is 4.74 Å². The van der Waals surface area contributed by atoms with Gasteiger partial charge in [0, 0.05) is 24.7 Å². The van der Waals surface area contributed by atoms with Crippen molar-refractivity contribution >= 4 is 11.6 Å². The lowest BCUT2D eigenvalue weighted by atomic mass is 10.2. The van der Waals surface area contributed by atoms with Crippen molar-refractivity contribution in [3.63, 3.8) is 0 Å². The van der Waals surface area contributed by atoms with Crippen LogP contribution in [0.25, 0.3) is 0 Å². The van der Waals surface area contributed by atoms with Crippen molar-refractivity contribution in [2.75, 3.05) is 26.2 Å². The third-order valence-electron chi connectivity index (χ3n) is 3.22. The first-order chi connectivity index (χ1) is 9.52. The molecule has 1 aliphatic heterocycles. The third kappa shape index (κ3) is 4.94. The molecule has 1 fully saturated rings. The standard InChI is InChI=1S/C15H22ClNO3/c1-11-7-17(8-12(2)20-11)9-14(18)10-19-15-5-3-13(16)4-6-15/h3-6,11-12,14,18H,7-10H2,1-2H3/t11-,12+,14-/m1/s1. The van der Waals surface area contributed by atoms with Crippen molar-refractivity contribution < 1.29 is 14.6 Å². The van der Waals surface area contributed by atoms with E-state index in [1.54, 1.807) is 24.3 Å². The monoisotopic (exact) mass is 299 g/mol. The molecule has 5 heteroatoms. The number of morpholine rings is 1. The summed E-state index contributed by atoms with van der Waals surface area (Å²) in [5, 5.41) is 10.7. The fourth-order valence-corrected chi connectivity index (χ4v) is 2.63. The molecule has 1 aromatic rings. The van der Waals surface area contributed by atoms with Crippen molar-refractivity contribution in [2.24, 2.45) is 0 Å². The normalized spacial score (nSPS) is 25.4. The van der Waals surface area contributed by atoms with Gasteiger partial charge in [0.25, 0.3) is 0 Å². The predicted molar refractivity (Wildman–Crippen MR) is 79.4 cm³/mol. The number of aliphatic hydroxyl groups excluding tert-OH is 1. The molecule has 0 bridgehead atoms. The Bertz CT molecular complexity index is 402. The predicted octanol–water partition coefficient (Wildman–Crippen LogP) is 2.19. The Kier molecular flexibility index (Phi) is 5.66. The van der Waals surface area contributed by atoms with E-state index < -0.39 is 6.10 Å². The molecule has 0 aliphatic carbocycles. The number of hydrogen-bond acceptors (Lipinski definition) is 4. The zero-order chi connectivity index (χ0) is 14.5. The van der Waals surface area contributed by atoms with E-state index in [0.29, 0.717) is 11.6 Å². The first kappa shape index (κ1) is 15.6. The van der Waals surface area contributed by atoms with Crippen LogP contribution in [0.15, 0.2) is 24.3 Å². The van der Waals surface area contributed by atoms with Crippen LogP contribution < -0.4 is 4.74 Å². The molecule has 1 heterocycles. The molecule has 1 aliphatic rings. The van der Waals surface area contributed by atoms with E-state index >= 15 is 0 Å². The molecular weight excluding hydrogens is 278 g/mol. The average molecular weight is 300 g/mol. The maximum Gasteiger partial charge on any atom is 0.119 e. The van der Waals surface area contributed by atoms with Gasteiger partial charge in [-0.1, -0.05) is 11.6 Å². The molecule has 0 spiro atoms. The molecule has 0 amide bonds. The lowest BCUT2D eigenvalue weighted by Gasteiger charge is -2.36. The number of benzene rings is 1. The second kappa shape index (κ2) is 7.27. The molecule has 20 heavy (non-hydrogen) atoms. The number of β-amino-alcohol motifs (C(OH)–C–C–N with tert-alkyl or cyclic N) is 1. The Morgan fingerprint density at radius 2 is 1.90 bits per heavy atom. The molecule has 1 saturated heterocycles. The van der Waals surface area contributed by atoms with Gasteiger partial charge in [0.2, 0.25) is 0 Å². The van der Waals surface area contributed by atoms with Crippen LogP contribution in [0.5, 0.6) is 5.75 Å². The van der Waals surface area contributed by atoms with Crippen LogP contribution in [-0.4, -0.2) is 54.6 Å². The molecule has 0 saturated carbocycles. The molecule has 112 valence electrons. The zero-order valence-corrected chi connectivity index (χ0v) is 12.7. The SMILES string of the molecule is C[C@@H]1CN(C[C@@H](O)COc2ccc(Cl)cc2)C[C@H](C)O1. The summed E-state index contributed by atoms with van der Waals surface area (Å²) in [5.41, 5.74) is 0. The van der Waals surface area contributed by atoms with Gasteiger partial charge in [-0.05, 0) is 38.1 Å². The van der Waals surface area contributed by atoms with E-state index in [1.165, 1.54) is 0 Å². The molecule has 0 radical (unpaired) electrons. The summed E-state index contributed by atoms with van der Waals surface area (Å²) in [6.45, 7) is 6.69. The summed E-state index contributed by atoms with van der Waals surface area (Å²) >= 11 is 5.81. The maximum absolute atomic E-state index is 10.1. The minimum absolute atomic E-state index is 0.211. The Balaban J connectivity index is 1.74. The average Bonchev–Trinajstić information content (AvgIpc) is 2.37. The third-order valence-corrected chi connectivity index (χ3v) is 3.47. The van der Waals surface area contributed by atoms with Crippen molar-refractivity contribution in [3.05, 3.63) is 29.3 Å². The van der Waals surface area contributed by atoms with Crippen LogP contribution in [0.3, 0.4) is 0 Å². The van der Waals surface area contributed by atoms with Gasteiger partial charge in [0.1, 0.15) is 18.5 Å². The Morgan fingerprint density at radius 1 is 1.30 bits per heavy atom. The summed E-state index contributed by atoms with van der Waals surface area (Å²) in [6.07, 6.45) is -0.0885. The van der Waals surface area contributed by atoms with Gasteiger partial charge >= 0.3 is 0 Å². The highest BCUT2D eigenvalue weighted by Gasteiger charge is 2.23. The fourth-order valence-electron chi connectivity index (χ4n) is 2.51. The summed E-state index contributed by atoms with van der Waals surface area (Å²) in [7, 11) is 0. The molecule has 0 aromatic heterocycles. The highest BCUT2D eigenvalue weighted by Crippen LogP contribution is 2.16. The van der Waals surface area contributed by atoms with Crippen LogP contribution in [0, 0.1) is 0 Å². The van der Waals surface area contributed by atoms with Gasteiger partial charge in [-0.25, -0.2) is 0 Å². The molecule has 0 unspecified atom stereocenters. The number of halogens is 1. The van der Waals surface area contributed by atoms with E-state index in [0.717, 1.165) is 18.8 Å². The van der Waals surface area contributed by atoms with E-state index in [9.17, 15) is 5.11 Å². The first-order valence-corrected chi connectivity index (χ1v) is 7.35. The molecular formula is C15H22ClNO3. The Labute approximate surface area is 125 Å². The highest BCUT2D eigenvalue weighted by atomic mass is 35.5. The van der Waals surface area contributed by atoms with Crippen LogP contribution >= 0.6 is 11.6 Å². The zero-order valence-electron chi connectivity index (χ0n) is 12.0. The van der Waals surface area contributed by atoms with E-state index in [-0.39, 0.29) is 18.8 Å². The second-order valence-corrected chi connectivity index (χ2v) is 5.83. The van der Waals surface area contributed by atoms with Gasteiger partial charge < -0.3 is 14.6 Å². The first-order valence-electron chi connectivity index (χ1n) is 6.97. The molecule has 1 aromatic carbocycles. The van der Waals surface area contributed by atoms with E-state index in [4.69, 9.17) is 21.1 Å². The van der Waals surface area contributed by atoms with Gasteiger partial charge in [0.05, 0.1) is 12.2 Å². The Morgan fingerprint density at radius 3 is 2.50 bits per heavy atom. The maximum atomic E-state index is 10.1. The van der Waals surface area contributed by atoms with Crippen molar-refractivity contribution in [2.45, 2.75) is 32.2 Å². The fraction of sp³-hybridized carbons (Fsp3) is 0.600. The highest BCUT2D eigenvalue weighted by molar-refractivity contribution is 6.30. The number of rotatable bonds is 5.